The Balaban J connectivity index is 1.69. The van der Waals surface area contributed by atoms with Crippen LogP contribution in [0.2, 0.25) is 0 Å². The van der Waals surface area contributed by atoms with Gasteiger partial charge in [0.15, 0.2) is 6.61 Å². The van der Waals surface area contributed by atoms with E-state index in [1.807, 2.05) is 29.8 Å². The van der Waals surface area contributed by atoms with Gasteiger partial charge in [-0.15, -0.1) is 0 Å². The molecule has 0 saturated carbocycles. The van der Waals surface area contributed by atoms with Crippen LogP contribution >= 0.6 is 0 Å². The highest BCUT2D eigenvalue weighted by Gasteiger charge is 2.13. The summed E-state index contributed by atoms with van der Waals surface area (Å²) in [4.78, 5) is 10.9. The van der Waals surface area contributed by atoms with Gasteiger partial charge >= 0.3 is 5.97 Å². The monoisotopic (exact) mass is 388 g/mol. The van der Waals surface area contributed by atoms with Crippen LogP contribution in [0.1, 0.15) is 5.56 Å². The van der Waals surface area contributed by atoms with Gasteiger partial charge in [-0.1, -0.05) is 23.8 Å². The zero-order valence-electron chi connectivity index (χ0n) is 14.8. The van der Waals surface area contributed by atoms with Crippen molar-refractivity contribution in [2.75, 3.05) is 13.2 Å². The van der Waals surface area contributed by atoms with Crippen molar-refractivity contribution in [2.45, 2.75) is 18.4 Å². The zero-order chi connectivity index (χ0) is 19.4. The number of sulfonamides is 1. The summed E-state index contributed by atoms with van der Waals surface area (Å²) in [6, 6.07) is 13.8. The number of aryl methyl sites for hydroxylation is 1. The first-order valence-corrected chi connectivity index (χ1v) is 9.84. The van der Waals surface area contributed by atoms with Crippen LogP contribution in [-0.4, -0.2) is 37.2 Å². The van der Waals surface area contributed by atoms with Gasteiger partial charge in [0.25, 0.3) is 0 Å². The van der Waals surface area contributed by atoms with Gasteiger partial charge in [0, 0.05) is 24.7 Å². The SMILES string of the molecule is Cc1ccc(S(=O)(=O)NCCn2ccc3c(OCC(=O)O)cccc32)cc1. The van der Waals surface area contributed by atoms with E-state index in [-0.39, 0.29) is 11.4 Å². The zero-order valence-corrected chi connectivity index (χ0v) is 15.6. The number of fused-ring (bicyclic) bond motifs is 1. The van der Waals surface area contributed by atoms with Crippen molar-refractivity contribution in [2.24, 2.45) is 0 Å². The van der Waals surface area contributed by atoms with E-state index < -0.39 is 22.6 Å². The topological polar surface area (TPSA) is 97.6 Å². The first-order valence-electron chi connectivity index (χ1n) is 8.35. The van der Waals surface area contributed by atoms with E-state index in [4.69, 9.17) is 9.84 Å². The molecule has 0 aliphatic rings. The molecule has 0 unspecified atom stereocenters. The maximum absolute atomic E-state index is 12.3. The van der Waals surface area contributed by atoms with Gasteiger partial charge in [-0.3, -0.25) is 0 Å². The Morgan fingerprint density at radius 1 is 1.15 bits per heavy atom. The molecule has 0 aliphatic heterocycles. The normalized spacial score (nSPS) is 11.6. The van der Waals surface area contributed by atoms with Crippen LogP contribution in [0.4, 0.5) is 0 Å². The second-order valence-corrected chi connectivity index (χ2v) is 7.86. The summed E-state index contributed by atoms with van der Waals surface area (Å²) in [5, 5.41) is 9.54. The van der Waals surface area contributed by atoms with Crippen molar-refractivity contribution in [1.29, 1.82) is 0 Å². The number of rotatable bonds is 8. The molecule has 0 aliphatic carbocycles. The van der Waals surface area contributed by atoms with Crippen LogP contribution in [0.5, 0.6) is 5.75 Å². The Bertz CT molecular complexity index is 1060. The molecule has 2 N–H and O–H groups in total. The number of carboxylic acid groups (broad SMARTS) is 1. The molecule has 1 heterocycles. The van der Waals surface area contributed by atoms with E-state index in [1.54, 1.807) is 36.4 Å². The molecule has 0 atom stereocenters. The van der Waals surface area contributed by atoms with Gasteiger partial charge in [-0.25, -0.2) is 17.9 Å². The van der Waals surface area contributed by atoms with Crippen molar-refractivity contribution in [3.63, 3.8) is 0 Å². The molecule has 7 nitrogen and oxygen atoms in total. The van der Waals surface area contributed by atoms with Gasteiger partial charge in [0.2, 0.25) is 10.0 Å². The maximum Gasteiger partial charge on any atom is 0.341 e. The minimum Gasteiger partial charge on any atom is -0.481 e. The number of aliphatic carboxylic acids is 1. The number of hydrogen-bond donors (Lipinski definition) is 2. The van der Waals surface area contributed by atoms with Crippen molar-refractivity contribution in [1.82, 2.24) is 9.29 Å². The predicted octanol–water partition coefficient (Wildman–Crippen LogP) is 2.39. The number of nitrogens with zero attached hydrogens (tertiary/aromatic N) is 1. The highest BCUT2D eigenvalue weighted by molar-refractivity contribution is 7.89. The average molecular weight is 388 g/mol. The standard InChI is InChI=1S/C19H20N2O5S/c1-14-5-7-15(8-6-14)27(24,25)20-10-12-21-11-9-16-17(21)3-2-4-18(16)26-13-19(22)23/h2-9,11,20H,10,12-13H2,1H3,(H,22,23). The van der Waals surface area contributed by atoms with Crippen LogP contribution in [0.25, 0.3) is 10.9 Å². The Kier molecular flexibility index (Phi) is 5.48. The number of hydrogen-bond acceptors (Lipinski definition) is 4. The van der Waals surface area contributed by atoms with Gasteiger partial charge in [0.1, 0.15) is 5.75 Å². The van der Waals surface area contributed by atoms with Crippen molar-refractivity contribution in [3.8, 4) is 5.75 Å². The second-order valence-electron chi connectivity index (χ2n) is 6.09. The lowest BCUT2D eigenvalue weighted by Crippen LogP contribution is -2.27. The van der Waals surface area contributed by atoms with Gasteiger partial charge in [0.05, 0.1) is 10.4 Å². The fourth-order valence-electron chi connectivity index (χ4n) is 2.76. The van der Waals surface area contributed by atoms with E-state index in [0.29, 0.717) is 12.3 Å². The molecule has 0 spiro atoms. The fraction of sp³-hybridized carbons (Fsp3) is 0.211. The Morgan fingerprint density at radius 2 is 1.89 bits per heavy atom. The molecule has 0 bridgehead atoms. The summed E-state index contributed by atoms with van der Waals surface area (Å²) in [5.41, 5.74) is 1.83. The third-order valence-corrected chi connectivity index (χ3v) is 5.58. The Morgan fingerprint density at radius 3 is 2.59 bits per heavy atom. The molecule has 3 aromatic rings. The summed E-state index contributed by atoms with van der Waals surface area (Å²) in [6.45, 7) is 2.13. The lowest BCUT2D eigenvalue weighted by molar-refractivity contribution is -0.139. The highest BCUT2D eigenvalue weighted by atomic mass is 32.2. The van der Waals surface area contributed by atoms with E-state index in [1.165, 1.54) is 0 Å². The van der Waals surface area contributed by atoms with Crippen LogP contribution in [-0.2, 0) is 21.4 Å². The maximum atomic E-state index is 12.3. The summed E-state index contributed by atoms with van der Waals surface area (Å²) >= 11 is 0. The number of carboxylic acids is 1. The van der Waals surface area contributed by atoms with E-state index in [2.05, 4.69) is 4.72 Å². The summed E-state index contributed by atoms with van der Waals surface area (Å²) in [5.74, 6) is -0.564. The third kappa shape index (κ3) is 4.47. The molecule has 1 aromatic heterocycles. The number of benzene rings is 2. The molecule has 27 heavy (non-hydrogen) atoms. The molecule has 3 rings (SSSR count). The molecular formula is C19H20N2O5S. The lowest BCUT2D eigenvalue weighted by Gasteiger charge is -2.10. The van der Waals surface area contributed by atoms with Crippen molar-refractivity contribution in [3.05, 3.63) is 60.3 Å². The molecule has 142 valence electrons. The van der Waals surface area contributed by atoms with E-state index in [9.17, 15) is 13.2 Å². The van der Waals surface area contributed by atoms with Gasteiger partial charge in [-0.05, 0) is 37.3 Å². The number of ether oxygens (including phenoxy) is 1. The average Bonchev–Trinajstić information content (AvgIpc) is 3.04. The van der Waals surface area contributed by atoms with E-state index in [0.717, 1.165) is 16.5 Å². The molecule has 2 aromatic carbocycles. The number of nitrogens with one attached hydrogen (secondary N) is 1. The predicted molar refractivity (Wildman–Crippen MR) is 101 cm³/mol. The Hall–Kier alpha value is -2.84. The largest absolute Gasteiger partial charge is 0.481 e. The van der Waals surface area contributed by atoms with Crippen LogP contribution in [0.15, 0.2) is 59.6 Å². The van der Waals surface area contributed by atoms with Crippen molar-refractivity contribution < 1.29 is 23.1 Å². The lowest BCUT2D eigenvalue weighted by atomic mass is 10.2. The quantitative estimate of drug-likeness (QED) is 0.617. The number of carbonyl (C=O) groups is 1. The summed E-state index contributed by atoms with van der Waals surface area (Å²) in [6.07, 6.45) is 1.82. The fourth-order valence-corrected chi connectivity index (χ4v) is 3.78. The molecule has 0 saturated heterocycles. The van der Waals surface area contributed by atoms with Crippen LogP contribution < -0.4 is 9.46 Å². The highest BCUT2D eigenvalue weighted by Crippen LogP contribution is 2.26. The molecule has 0 fully saturated rings. The third-order valence-electron chi connectivity index (χ3n) is 4.10. The van der Waals surface area contributed by atoms with E-state index >= 15 is 0 Å². The second kappa shape index (κ2) is 7.81. The summed E-state index contributed by atoms with van der Waals surface area (Å²) < 4.78 is 34.5. The molecule has 8 heteroatoms. The Labute approximate surface area is 157 Å². The van der Waals surface area contributed by atoms with Gasteiger partial charge in [-0.2, -0.15) is 0 Å². The van der Waals surface area contributed by atoms with Crippen LogP contribution in [0.3, 0.4) is 0 Å². The first kappa shape index (κ1) is 18.9. The first-order chi connectivity index (χ1) is 12.9. The van der Waals surface area contributed by atoms with Crippen molar-refractivity contribution >= 4 is 26.9 Å². The smallest absolute Gasteiger partial charge is 0.341 e. The minimum absolute atomic E-state index is 0.222. The minimum atomic E-state index is -3.56. The molecule has 0 amide bonds. The summed E-state index contributed by atoms with van der Waals surface area (Å²) in [7, 11) is -3.56. The molecule has 0 radical (unpaired) electrons. The van der Waals surface area contributed by atoms with Gasteiger partial charge < -0.3 is 14.4 Å². The number of aromatic nitrogens is 1. The molecular weight excluding hydrogens is 368 g/mol. The van der Waals surface area contributed by atoms with Crippen LogP contribution in [0, 0.1) is 6.92 Å².